The predicted octanol–water partition coefficient (Wildman–Crippen LogP) is 2.91. The number of rotatable bonds is 1. The van der Waals surface area contributed by atoms with E-state index in [1.54, 1.807) is 6.07 Å². The number of carbonyl (C=O) groups excluding carboxylic acids is 1. The number of hydrogen-bond acceptors (Lipinski definition) is 2. The van der Waals surface area contributed by atoms with Crippen LogP contribution in [0, 0.1) is 11.8 Å². The molecular formula is C14H16BrClN2O. The van der Waals surface area contributed by atoms with E-state index in [4.69, 9.17) is 17.3 Å². The summed E-state index contributed by atoms with van der Waals surface area (Å²) in [6.07, 6.45) is 2.25. The highest BCUT2D eigenvalue weighted by Crippen LogP contribution is 2.37. The van der Waals surface area contributed by atoms with Crippen LogP contribution in [0.25, 0.3) is 0 Å². The number of amides is 1. The fourth-order valence-electron chi connectivity index (χ4n) is 3.29. The van der Waals surface area contributed by atoms with Gasteiger partial charge in [0.1, 0.15) is 0 Å². The molecule has 1 aliphatic heterocycles. The number of hydrogen-bond donors (Lipinski definition) is 1. The molecule has 1 amide bonds. The quantitative estimate of drug-likeness (QED) is 0.852. The third kappa shape index (κ3) is 2.41. The Hall–Kier alpha value is -0.580. The van der Waals surface area contributed by atoms with Crippen LogP contribution in [0.1, 0.15) is 23.2 Å². The fraction of sp³-hybridized carbons (Fsp3) is 0.500. The van der Waals surface area contributed by atoms with Gasteiger partial charge in [-0.2, -0.15) is 0 Å². The van der Waals surface area contributed by atoms with Crippen molar-refractivity contribution in [2.45, 2.75) is 18.9 Å². The smallest absolute Gasteiger partial charge is 0.253 e. The van der Waals surface area contributed by atoms with Gasteiger partial charge in [-0.05, 0) is 58.8 Å². The molecule has 1 heterocycles. The van der Waals surface area contributed by atoms with Crippen molar-refractivity contribution >= 4 is 33.4 Å². The maximum absolute atomic E-state index is 12.5. The molecule has 2 fully saturated rings. The minimum Gasteiger partial charge on any atom is -0.338 e. The van der Waals surface area contributed by atoms with Crippen molar-refractivity contribution in [2.75, 3.05) is 13.1 Å². The van der Waals surface area contributed by atoms with Crippen LogP contribution >= 0.6 is 27.5 Å². The van der Waals surface area contributed by atoms with Crippen LogP contribution in [0.2, 0.25) is 5.02 Å². The number of likely N-dealkylation sites (tertiary alicyclic amines) is 1. The van der Waals surface area contributed by atoms with E-state index in [0.29, 0.717) is 22.4 Å². The second-order valence-electron chi connectivity index (χ2n) is 5.50. The van der Waals surface area contributed by atoms with Crippen LogP contribution < -0.4 is 5.73 Å². The van der Waals surface area contributed by atoms with Crippen LogP contribution in [-0.4, -0.2) is 29.9 Å². The molecule has 1 aliphatic carbocycles. The van der Waals surface area contributed by atoms with Gasteiger partial charge in [0.15, 0.2) is 0 Å². The van der Waals surface area contributed by atoms with Gasteiger partial charge in [0, 0.05) is 29.2 Å². The molecule has 5 heteroatoms. The molecule has 1 aromatic carbocycles. The maximum atomic E-state index is 12.5. The van der Waals surface area contributed by atoms with Crippen LogP contribution in [0.15, 0.2) is 22.7 Å². The Kier molecular flexibility index (Phi) is 3.58. The molecule has 0 aromatic heterocycles. The molecule has 3 rings (SSSR count). The number of nitrogens with zero attached hydrogens (tertiary/aromatic N) is 1. The molecule has 0 bridgehead atoms. The molecule has 2 aliphatic rings. The Labute approximate surface area is 126 Å². The molecule has 0 radical (unpaired) electrons. The zero-order valence-corrected chi connectivity index (χ0v) is 12.8. The lowest BCUT2D eigenvalue weighted by molar-refractivity contribution is 0.0779. The van der Waals surface area contributed by atoms with E-state index in [2.05, 4.69) is 15.9 Å². The van der Waals surface area contributed by atoms with Gasteiger partial charge in [-0.25, -0.2) is 0 Å². The van der Waals surface area contributed by atoms with E-state index in [0.717, 1.165) is 30.4 Å². The highest BCUT2D eigenvalue weighted by Gasteiger charge is 2.42. The zero-order valence-electron chi connectivity index (χ0n) is 10.5. The van der Waals surface area contributed by atoms with Crippen molar-refractivity contribution < 1.29 is 4.79 Å². The lowest BCUT2D eigenvalue weighted by atomic mass is 9.98. The van der Waals surface area contributed by atoms with Crippen molar-refractivity contribution in [1.29, 1.82) is 0 Å². The summed E-state index contributed by atoms with van der Waals surface area (Å²) in [5, 5.41) is 0.571. The minimum atomic E-state index is 0.0657. The first-order valence-electron chi connectivity index (χ1n) is 6.56. The Morgan fingerprint density at radius 3 is 2.84 bits per heavy atom. The first-order valence-corrected chi connectivity index (χ1v) is 7.73. The molecule has 1 aromatic rings. The summed E-state index contributed by atoms with van der Waals surface area (Å²) in [5.74, 6) is 1.13. The number of halogens is 2. The molecule has 19 heavy (non-hydrogen) atoms. The van der Waals surface area contributed by atoms with E-state index < -0.39 is 0 Å². The summed E-state index contributed by atoms with van der Waals surface area (Å²) >= 11 is 9.38. The van der Waals surface area contributed by atoms with Gasteiger partial charge in [-0.3, -0.25) is 4.79 Å². The lowest BCUT2D eigenvalue weighted by Crippen LogP contribution is -2.33. The predicted molar refractivity (Wildman–Crippen MR) is 79.2 cm³/mol. The second kappa shape index (κ2) is 5.08. The number of carbonyl (C=O) groups is 1. The maximum Gasteiger partial charge on any atom is 0.253 e. The Balaban J connectivity index is 1.76. The van der Waals surface area contributed by atoms with Gasteiger partial charge in [-0.15, -0.1) is 0 Å². The Morgan fingerprint density at radius 2 is 2.16 bits per heavy atom. The van der Waals surface area contributed by atoms with Crippen molar-refractivity contribution in [3.05, 3.63) is 33.3 Å². The van der Waals surface area contributed by atoms with Crippen LogP contribution in [0.4, 0.5) is 0 Å². The van der Waals surface area contributed by atoms with Gasteiger partial charge in [0.05, 0.1) is 5.02 Å². The first-order chi connectivity index (χ1) is 9.06. The largest absolute Gasteiger partial charge is 0.338 e. The average molecular weight is 344 g/mol. The van der Waals surface area contributed by atoms with Gasteiger partial charge < -0.3 is 10.6 Å². The fourth-order valence-corrected chi connectivity index (χ4v) is 3.71. The van der Waals surface area contributed by atoms with Gasteiger partial charge in [0.25, 0.3) is 5.91 Å². The molecule has 1 saturated heterocycles. The number of benzene rings is 1. The highest BCUT2D eigenvalue weighted by atomic mass is 79.9. The van der Waals surface area contributed by atoms with E-state index in [9.17, 15) is 4.79 Å². The normalized spacial score (nSPS) is 29.6. The summed E-state index contributed by atoms with van der Waals surface area (Å²) in [6, 6.07) is 5.61. The van der Waals surface area contributed by atoms with E-state index >= 15 is 0 Å². The molecule has 3 atom stereocenters. The summed E-state index contributed by atoms with van der Waals surface area (Å²) in [6.45, 7) is 1.63. The molecule has 2 N–H and O–H groups in total. The molecule has 1 saturated carbocycles. The summed E-state index contributed by atoms with van der Waals surface area (Å²) in [4.78, 5) is 14.4. The van der Waals surface area contributed by atoms with Crippen LogP contribution in [0.5, 0.6) is 0 Å². The molecule has 102 valence electrons. The molecule has 3 nitrogen and oxygen atoms in total. The number of nitrogens with two attached hydrogens (primary N) is 1. The monoisotopic (exact) mass is 342 g/mol. The van der Waals surface area contributed by atoms with Crippen LogP contribution in [0.3, 0.4) is 0 Å². The highest BCUT2D eigenvalue weighted by molar-refractivity contribution is 9.10. The SMILES string of the molecule is NC1CCC2CN(C(=O)c3ccc(Br)c(Cl)c3)CC12. The third-order valence-electron chi connectivity index (χ3n) is 4.37. The Morgan fingerprint density at radius 1 is 1.37 bits per heavy atom. The standard InChI is InChI=1S/C14H16BrClN2O/c15-11-3-1-8(5-12(11)16)14(19)18-6-9-2-4-13(17)10(9)7-18/h1,3,5,9-10,13H,2,4,6-7,17H2. The average Bonchev–Trinajstić information content (AvgIpc) is 2.95. The van der Waals surface area contributed by atoms with E-state index in [-0.39, 0.29) is 11.9 Å². The second-order valence-corrected chi connectivity index (χ2v) is 6.77. The van der Waals surface area contributed by atoms with Gasteiger partial charge in [-0.1, -0.05) is 11.6 Å². The van der Waals surface area contributed by atoms with Crippen molar-refractivity contribution in [3.8, 4) is 0 Å². The Bertz CT molecular complexity index is 522. The van der Waals surface area contributed by atoms with E-state index in [1.165, 1.54) is 0 Å². The topological polar surface area (TPSA) is 46.3 Å². The lowest BCUT2D eigenvalue weighted by Gasteiger charge is -2.19. The van der Waals surface area contributed by atoms with Gasteiger partial charge in [0.2, 0.25) is 0 Å². The van der Waals surface area contributed by atoms with Crippen molar-refractivity contribution in [3.63, 3.8) is 0 Å². The van der Waals surface area contributed by atoms with E-state index in [1.807, 2.05) is 17.0 Å². The van der Waals surface area contributed by atoms with Crippen molar-refractivity contribution in [2.24, 2.45) is 17.6 Å². The third-order valence-corrected chi connectivity index (χ3v) is 5.60. The van der Waals surface area contributed by atoms with Crippen LogP contribution in [-0.2, 0) is 0 Å². The molecule has 0 spiro atoms. The minimum absolute atomic E-state index is 0.0657. The van der Waals surface area contributed by atoms with Crippen molar-refractivity contribution in [1.82, 2.24) is 4.90 Å². The summed E-state index contributed by atoms with van der Waals surface area (Å²) in [7, 11) is 0. The first kappa shape index (κ1) is 13.4. The summed E-state index contributed by atoms with van der Waals surface area (Å²) in [5.41, 5.74) is 6.75. The molecule has 3 unspecified atom stereocenters. The number of fused-ring (bicyclic) bond motifs is 1. The molecular weight excluding hydrogens is 328 g/mol. The van der Waals surface area contributed by atoms with Gasteiger partial charge >= 0.3 is 0 Å². The summed E-state index contributed by atoms with van der Waals surface area (Å²) < 4.78 is 0.811. The zero-order chi connectivity index (χ0) is 13.6.